The minimum atomic E-state index is 0. The second-order valence-electron chi connectivity index (χ2n) is 8.60. The van der Waals surface area contributed by atoms with Crippen LogP contribution in [-0.2, 0) is 11.3 Å². The molecule has 1 atom stereocenters. The molecule has 0 bridgehead atoms. The van der Waals surface area contributed by atoms with Crippen LogP contribution in [0.4, 0.5) is 5.69 Å². The van der Waals surface area contributed by atoms with Crippen LogP contribution in [0.5, 0.6) is 0 Å². The zero-order valence-corrected chi connectivity index (χ0v) is 22.0. The van der Waals surface area contributed by atoms with Gasteiger partial charge in [0.05, 0.1) is 12.6 Å². The molecule has 8 heteroatoms. The number of nitrogens with zero attached hydrogens (tertiary/aromatic N) is 3. The summed E-state index contributed by atoms with van der Waals surface area (Å²) in [5, 5.41) is 6.88. The quantitative estimate of drug-likeness (QED) is 0.285. The molecule has 1 aromatic heterocycles. The normalized spacial score (nSPS) is 17.8. The number of furan rings is 1. The van der Waals surface area contributed by atoms with Gasteiger partial charge in [0, 0.05) is 31.7 Å². The zero-order valence-electron chi connectivity index (χ0n) is 19.7. The lowest BCUT2D eigenvalue weighted by molar-refractivity contribution is -0.117. The highest BCUT2D eigenvalue weighted by atomic mass is 127. The summed E-state index contributed by atoms with van der Waals surface area (Å²) < 4.78 is 5.97. The number of guanidine groups is 1. The molecule has 2 aliphatic heterocycles. The SMILES string of the molecule is CCNC(=NCc1ccc(N2CCCC2=O)cc1)NCC(c1ccc(C)o1)N1CCCC1.I. The van der Waals surface area contributed by atoms with Gasteiger partial charge in [-0.05, 0) is 76.0 Å². The number of aryl methyl sites for hydroxylation is 1. The van der Waals surface area contributed by atoms with Crippen LogP contribution in [0.3, 0.4) is 0 Å². The topological polar surface area (TPSA) is 73.1 Å². The molecule has 180 valence electrons. The average Bonchev–Trinajstić information content (AvgIpc) is 3.56. The van der Waals surface area contributed by atoms with Crippen LogP contribution in [0.15, 0.2) is 45.8 Å². The first-order valence-electron chi connectivity index (χ1n) is 11.9. The highest BCUT2D eigenvalue weighted by Crippen LogP contribution is 2.26. The molecule has 3 heterocycles. The summed E-state index contributed by atoms with van der Waals surface area (Å²) in [6.07, 6.45) is 4.07. The first kappa shape index (κ1) is 25.6. The highest BCUT2D eigenvalue weighted by molar-refractivity contribution is 14.0. The Hall–Kier alpha value is -2.07. The predicted molar refractivity (Wildman–Crippen MR) is 143 cm³/mol. The number of nitrogens with one attached hydrogen (secondary N) is 2. The number of carbonyl (C=O) groups excluding carboxylic acids is 1. The fraction of sp³-hybridized carbons (Fsp3) is 0.520. The standard InChI is InChI=1S/C25H35N5O2.HI/c1-3-26-25(27-17-20-9-11-21(12-10-20)30-16-6-7-24(30)31)28-18-22(29-14-4-5-15-29)23-13-8-19(2)32-23;/h8-13,22H,3-7,14-18H2,1-2H3,(H2,26,27,28);1H. The number of likely N-dealkylation sites (tertiary alicyclic amines) is 1. The lowest BCUT2D eigenvalue weighted by Gasteiger charge is -2.26. The van der Waals surface area contributed by atoms with E-state index in [4.69, 9.17) is 9.41 Å². The number of aliphatic imine (C=N–C) groups is 1. The van der Waals surface area contributed by atoms with Gasteiger partial charge < -0.3 is 20.0 Å². The average molecular weight is 566 g/mol. The van der Waals surface area contributed by atoms with Crippen LogP contribution in [-0.4, -0.2) is 49.5 Å². The predicted octanol–water partition coefficient (Wildman–Crippen LogP) is 4.23. The number of rotatable bonds is 8. The van der Waals surface area contributed by atoms with E-state index in [1.807, 2.05) is 30.0 Å². The van der Waals surface area contributed by atoms with Gasteiger partial charge in [-0.3, -0.25) is 9.69 Å². The monoisotopic (exact) mass is 565 g/mol. The van der Waals surface area contributed by atoms with Crippen LogP contribution in [0, 0.1) is 6.92 Å². The molecule has 0 aliphatic carbocycles. The molecule has 2 fully saturated rings. The molecular weight excluding hydrogens is 529 g/mol. The molecule has 2 aliphatic rings. The second-order valence-corrected chi connectivity index (χ2v) is 8.60. The van der Waals surface area contributed by atoms with Gasteiger partial charge in [-0.15, -0.1) is 24.0 Å². The Morgan fingerprint density at radius 1 is 1.06 bits per heavy atom. The zero-order chi connectivity index (χ0) is 22.3. The maximum Gasteiger partial charge on any atom is 0.227 e. The number of halogens is 1. The number of hydrogen-bond acceptors (Lipinski definition) is 4. The number of carbonyl (C=O) groups is 1. The van der Waals surface area contributed by atoms with E-state index in [1.54, 1.807) is 0 Å². The molecule has 1 aromatic carbocycles. The van der Waals surface area contributed by atoms with Gasteiger partial charge in [-0.25, -0.2) is 4.99 Å². The van der Waals surface area contributed by atoms with E-state index in [-0.39, 0.29) is 35.9 Å². The van der Waals surface area contributed by atoms with Gasteiger partial charge in [0.15, 0.2) is 5.96 Å². The first-order valence-corrected chi connectivity index (χ1v) is 11.9. The van der Waals surface area contributed by atoms with Gasteiger partial charge in [0.25, 0.3) is 0 Å². The van der Waals surface area contributed by atoms with Crippen LogP contribution in [0.1, 0.15) is 55.7 Å². The van der Waals surface area contributed by atoms with Crippen molar-refractivity contribution >= 4 is 41.5 Å². The number of hydrogen-bond donors (Lipinski definition) is 2. The Morgan fingerprint density at radius 3 is 2.42 bits per heavy atom. The van der Waals surface area contributed by atoms with Crippen molar-refractivity contribution in [3.8, 4) is 0 Å². The maximum atomic E-state index is 12.0. The van der Waals surface area contributed by atoms with Crippen molar-refractivity contribution in [1.29, 1.82) is 0 Å². The van der Waals surface area contributed by atoms with E-state index in [9.17, 15) is 4.79 Å². The van der Waals surface area contributed by atoms with Crippen molar-refractivity contribution in [3.05, 3.63) is 53.5 Å². The molecule has 1 unspecified atom stereocenters. The van der Waals surface area contributed by atoms with Crippen LogP contribution in [0.2, 0.25) is 0 Å². The number of amides is 1. The molecule has 7 nitrogen and oxygen atoms in total. The van der Waals surface area contributed by atoms with E-state index >= 15 is 0 Å². The third-order valence-corrected chi connectivity index (χ3v) is 6.22. The summed E-state index contributed by atoms with van der Waals surface area (Å²) in [6, 6.07) is 12.5. The second kappa shape index (κ2) is 12.4. The van der Waals surface area contributed by atoms with Gasteiger partial charge in [-0.1, -0.05) is 12.1 Å². The summed E-state index contributed by atoms with van der Waals surface area (Å²) in [7, 11) is 0. The van der Waals surface area contributed by atoms with Crippen LogP contribution < -0.4 is 15.5 Å². The first-order chi connectivity index (χ1) is 15.6. The van der Waals surface area contributed by atoms with Crippen molar-refractivity contribution < 1.29 is 9.21 Å². The number of benzene rings is 1. The Balaban J connectivity index is 0.00000306. The molecule has 1 amide bonds. The third-order valence-electron chi connectivity index (χ3n) is 6.22. The van der Waals surface area contributed by atoms with Crippen molar-refractivity contribution in [1.82, 2.24) is 15.5 Å². The van der Waals surface area contributed by atoms with E-state index in [2.05, 4.69) is 40.7 Å². The molecule has 2 aromatic rings. The molecule has 0 spiro atoms. The summed E-state index contributed by atoms with van der Waals surface area (Å²) in [6.45, 7) is 9.22. The molecule has 0 radical (unpaired) electrons. The Labute approximate surface area is 214 Å². The molecule has 33 heavy (non-hydrogen) atoms. The Kier molecular flexibility index (Phi) is 9.61. The smallest absolute Gasteiger partial charge is 0.227 e. The largest absolute Gasteiger partial charge is 0.465 e. The Morgan fingerprint density at radius 2 is 1.82 bits per heavy atom. The van der Waals surface area contributed by atoms with Crippen LogP contribution >= 0.6 is 24.0 Å². The summed E-state index contributed by atoms with van der Waals surface area (Å²) in [5.41, 5.74) is 2.10. The minimum Gasteiger partial charge on any atom is -0.465 e. The molecular formula is C25H36IN5O2. The van der Waals surface area contributed by atoms with Gasteiger partial charge >= 0.3 is 0 Å². The maximum absolute atomic E-state index is 12.0. The minimum absolute atomic E-state index is 0. The molecule has 0 saturated carbocycles. The molecule has 2 saturated heterocycles. The van der Waals surface area contributed by atoms with E-state index in [0.717, 1.165) is 67.9 Å². The molecule has 2 N–H and O–H groups in total. The Bertz CT molecular complexity index is 921. The molecule has 4 rings (SSSR count). The van der Waals surface area contributed by atoms with Crippen molar-refractivity contribution in [2.75, 3.05) is 37.6 Å². The lowest BCUT2D eigenvalue weighted by atomic mass is 10.2. The fourth-order valence-electron chi connectivity index (χ4n) is 4.50. The highest BCUT2D eigenvalue weighted by Gasteiger charge is 2.26. The van der Waals surface area contributed by atoms with E-state index < -0.39 is 0 Å². The lowest BCUT2D eigenvalue weighted by Crippen LogP contribution is -2.42. The van der Waals surface area contributed by atoms with Gasteiger partial charge in [0.2, 0.25) is 5.91 Å². The summed E-state index contributed by atoms with van der Waals surface area (Å²) in [5.74, 6) is 2.98. The summed E-state index contributed by atoms with van der Waals surface area (Å²) >= 11 is 0. The van der Waals surface area contributed by atoms with Gasteiger partial charge in [0.1, 0.15) is 11.5 Å². The van der Waals surface area contributed by atoms with E-state index in [0.29, 0.717) is 13.0 Å². The van der Waals surface area contributed by atoms with Crippen molar-refractivity contribution in [2.45, 2.75) is 52.1 Å². The van der Waals surface area contributed by atoms with Gasteiger partial charge in [-0.2, -0.15) is 0 Å². The van der Waals surface area contributed by atoms with Crippen LogP contribution in [0.25, 0.3) is 0 Å². The van der Waals surface area contributed by atoms with Crippen molar-refractivity contribution in [3.63, 3.8) is 0 Å². The van der Waals surface area contributed by atoms with E-state index in [1.165, 1.54) is 12.8 Å². The fourth-order valence-corrected chi connectivity index (χ4v) is 4.50. The number of anilines is 1. The third kappa shape index (κ3) is 6.72. The summed E-state index contributed by atoms with van der Waals surface area (Å²) in [4.78, 5) is 21.1. The van der Waals surface area contributed by atoms with Crippen molar-refractivity contribution in [2.24, 2.45) is 4.99 Å².